The smallest absolute Gasteiger partial charge is 0.272 e. The number of anilines is 1. The maximum absolute atomic E-state index is 13.6. The molecule has 0 bridgehead atoms. The molecular weight excluding hydrogens is 447 g/mol. The number of carbonyl (C=O) groups excluding carboxylic acids is 2. The Hall–Kier alpha value is -4.60. The summed E-state index contributed by atoms with van der Waals surface area (Å²) in [7, 11) is 0. The highest BCUT2D eigenvalue weighted by Crippen LogP contribution is 2.25. The third kappa shape index (κ3) is 4.33. The largest absolute Gasteiger partial charge is 0.384 e. The first-order chi connectivity index (χ1) is 16.1. The van der Waals surface area contributed by atoms with Gasteiger partial charge in [0.2, 0.25) is 5.91 Å². The van der Waals surface area contributed by atoms with E-state index in [1.807, 2.05) is 0 Å². The Morgan fingerprint density at radius 2 is 1.50 bits per heavy atom. The molecule has 0 unspecified atom stereocenters. The van der Waals surface area contributed by atoms with Crippen molar-refractivity contribution in [3.05, 3.63) is 100 Å². The molecule has 0 atom stereocenters. The van der Waals surface area contributed by atoms with Crippen LogP contribution in [0.1, 0.15) is 32.0 Å². The van der Waals surface area contributed by atoms with Crippen LogP contribution in [0, 0.1) is 22.9 Å². The highest BCUT2D eigenvalue weighted by molar-refractivity contribution is 6.07. The number of halogens is 3. The number of benzene rings is 3. The Morgan fingerprint density at radius 3 is 2.09 bits per heavy atom. The molecule has 0 fully saturated rings. The second-order valence-corrected chi connectivity index (χ2v) is 7.57. The third-order valence-corrected chi connectivity index (χ3v) is 5.27. The summed E-state index contributed by atoms with van der Waals surface area (Å²) in [5, 5.41) is 10.7. The van der Waals surface area contributed by atoms with Crippen LogP contribution in [-0.4, -0.2) is 22.2 Å². The molecule has 3 aromatic carbocycles. The zero-order valence-electron chi connectivity index (χ0n) is 17.5. The highest BCUT2D eigenvalue weighted by Gasteiger charge is 2.19. The van der Waals surface area contributed by atoms with E-state index < -0.39 is 29.3 Å². The molecule has 0 aliphatic carbocycles. The van der Waals surface area contributed by atoms with Gasteiger partial charge in [-0.2, -0.15) is 0 Å². The predicted octanol–water partition coefficient (Wildman–Crippen LogP) is 3.74. The van der Waals surface area contributed by atoms with E-state index in [2.05, 4.69) is 5.32 Å². The lowest BCUT2D eigenvalue weighted by atomic mass is 10.1. The van der Waals surface area contributed by atoms with Crippen LogP contribution in [0.4, 0.5) is 18.9 Å². The number of rotatable bonds is 6. The van der Waals surface area contributed by atoms with Gasteiger partial charge in [0, 0.05) is 46.4 Å². The summed E-state index contributed by atoms with van der Waals surface area (Å²) in [6, 6.07) is 14.3. The minimum absolute atomic E-state index is 0.139. The molecule has 0 aliphatic rings. The monoisotopic (exact) mass is 465 g/mol. The van der Waals surface area contributed by atoms with Gasteiger partial charge in [-0.25, -0.2) is 13.2 Å². The summed E-state index contributed by atoms with van der Waals surface area (Å²) in [6.45, 7) is 0.179. The average Bonchev–Trinajstić information content (AvgIpc) is 3.15. The van der Waals surface area contributed by atoms with Crippen molar-refractivity contribution in [2.45, 2.75) is 6.54 Å². The molecule has 1 aromatic heterocycles. The molecule has 0 spiro atoms. The number of hydrogen-bond acceptors (Lipinski definition) is 3. The molecule has 34 heavy (non-hydrogen) atoms. The van der Waals surface area contributed by atoms with Gasteiger partial charge < -0.3 is 21.4 Å². The predicted molar refractivity (Wildman–Crippen MR) is 121 cm³/mol. The number of amidine groups is 1. The Bertz CT molecular complexity index is 1440. The lowest BCUT2D eigenvalue weighted by molar-refractivity contribution is 0.0996. The van der Waals surface area contributed by atoms with Crippen molar-refractivity contribution in [1.29, 1.82) is 5.41 Å². The average molecular weight is 465 g/mol. The summed E-state index contributed by atoms with van der Waals surface area (Å²) in [4.78, 5) is 24.4. The first kappa shape index (κ1) is 22.6. The maximum Gasteiger partial charge on any atom is 0.272 e. The SMILES string of the molecule is N=C(N)c1ccc2cc(C(=O)Nc3cc(F)c(F)c(F)c3)n(Cc3ccc(C(N)=O)cc3)c2c1. The minimum Gasteiger partial charge on any atom is -0.384 e. The second-order valence-electron chi connectivity index (χ2n) is 7.57. The van der Waals surface area contributed by atoms with Crippen molar-refractivity contribution in [2.75, 3.05) is 5.32 Å². The van der Waals surface area contributed by atoms with E-state index in [-0.39, 0.29) is 23.8 Å². The quantitative estimate of drug-likeness (QED) is 0.197. The van der Waals surface area contributed by atoms with E-state index >= 15 is 0 Å². The van der Waals surface area contributed by atoms with Crippen molar-refractivity contribution < 1.29 is 22.8 Å². The number of nitrogen functional groups attached to an aromatic ring is 1. The zero-order chi connectivity index (χ0) is 24.6. The van der Waals surface area contributed by atoms with Gasteiger partial charge >= 0.3 is 0 Å². The van der Waals surface area contributed by atoms with Crippen LogP contribution >= 0.6 is 0 Å². The first-order valence-electron chi connectivity index (χ1n) is 9.96. The van der Waals surface area contributed by atoms with Crippen LogP contribution in [0.25, 0.3) is 10.9 Å². The Kier molecular flexibility index (Phi) is 5.80. The topological polar surface area (TPSA) is 127 Å². The Labute approximate surface area is 191 Å². The number of primary amides is 1. The number of nitrogens with one attached hydrogen (secondary N) is 2. The molecule has 2 amide bonds. The maximum atomic E-state index is 13.6. The fourth-order valence-corrected chi connectivity index (χ4v) is 3.56. The fraction of sp³-hybridized carbons (Fsp3) is 0.0417. The Morgan fingerprint density at radius 1 is 0.882 bits per heavy atom. The molecule has 172 valence electrons. The minimum atomic E-state index is -1.64. The molecule has 0 radical (unpaired) electrons. The van der Waals surface area contributed by atoms with Crippen molar-refractivity contribution in [1.82, 2.24) is 4.57 Å². The van der Waals surface area contributed by atoms with Crippen molar-refractivity contribution in [2.24, 2.45) is 11.5 Å². The number of nitrogens with zero attached hydrogens (tertiary/aromatic N) is 1. The van der Waals surface area contributed by atoms with Crippen molar-refractivity contribution >= 4 is 34.2 Å². The molecule has 4 aromatic rings. The molecule has 7 nitrogen and oxygen atoms in total. The summed E-state index contributed by atoms with van der Waals surface area (Å²) < 4.78 is 42.1. The first-order valence-corrected chi connectivity index (χ1v) is 9.96. The second kappa shape index (κ2) is 8.74. The van der Waals surface area contributed by atoms with Crippen LogP contribution in [0.15, 0.2) is 60.7 Å². The number of hydrogen-bond donors (Lipinski definition) is 4. The Balaban J connectivity index is 1.78. The number of nitrogens with two attached hydrogens (primary N) is 2. The fourth-order valence-electron chi connectivity index (χ4n) is 3.56. The molecule has 0 saturated heterocycles. The van der Waals surface area contributed by atoms with Crippen LogP contribution in [-0.2, 0) is 6.54 Å². The zero-order valence-corrected chi connectivity index (χ0v) is 17.5. The van der Waals surface area contributed by atoms with E-state index in [1.54, 1.807) is 53.1 Å². The lowest BCUT2D eigenvalue weighted by Gasteiger charge is -2.13. The van der Waals surface area contributed by atoms with Crippen molar-refractivity contribution in [3.63, 3.8) is 0 Å². The number of aromatic nitrogens is 1. The van der Waals surface area contributed by atoms with Crippen LogP contribution in [0.2, 0.25) is 0 Å². The lowest BCUT2D eigenvalue weighted by Crippen LogP contribution is -2.18. The van der Waals surface area contributed by atoms with E-state index in [4.69, 9.17) is 16.9 Å². The molecule has 4 rings (SSSR count). The van der Waals surface area contributed by atoms with Gasteiger partial charge in [0.25, 0.3) is 5.91 Å². The number of fused-ring (bicyclic) bond motifs is 1. The molecule has 1 heterocycles. The van der Waals surface area contributed by atoms with Crippen molar-refractivity contribution in [3.8, 4) is 0 Å². The molecule has 0 aliphatic heterocycles. The van der Waals surface area contributed by atoms with E-state index in [0.717, 1.165) is 5.56 Å². The number of amides is 2. The molecule has 0 saturated carbocycles. The molecular formula is C24H18F3N5O2. The van der Waals surface area contributed by atoms with Gasteiger partial charge in [-0.15, -0.1) is 0 Å². The van der Waals surface area contributed by atoms with E-state index in [0.29, 0.717) is 34.2 Å². The highest BCUT2D eigenvalue weighted by atomic mass is 19.2. The summed E-state index contributed by atoms with van der Waals surface area (Å²) >= 11 is 0. The molecule has 10 heteroatoms. The summed E-state index contributed by atoms with van der Waals surface area (Å²) in [6.07, 6.45) is 0. The summed E-state index contributed by atoms with van der Waals surface area (Å²) in [5.74, 6) is -5.94. The van der Waals surface area contributed by atoms with Gasteiger partial charge in [-0.1, -0.05) is 24.3 Å². The normalized spacial score (nSPS) is 10.9. The standard InChI is InChI=1S/C24H18F3N5O2/c25-17-9-16(10-18(26)21(17)27)31-24(34)20-7-14-5-6-15(22(28)29)8-19(14)32(20)11-12-1-3-13(4-2-12)23(30)33/h1-10H,11H2,(H3,28,29)(H2,30,33)(H,31,34). The molecule has 6 N–H and O–H groups in total. The van der Waals surface area contributed by atoms with Gasteiger partial charge in [0.15, 0.2) is 17.5 Å². The van der Waals surface area contributed by atoms with E-state index in [9.17, 15) is 22.8 Å². The van der Waals surface area contributed by atoms with Crippen LogP contribution in [0.5, 0.6) is 0 Å². The third-order valence-electron chi connectivity index (χ3n) is 5.27. The number of carbonyl (C=O) groups is 2. The van der Waals surface area contributed by atoms with E-state index in [1.165, 1.54) is 0 Å². The van der Waals surface area contributed by atoms with Gasteiger partial charge in [-0.05, 0) is 29.8 Å². The van der Waals surface area contributed by atoms with Crippen LogP contribution in [0.3, 0.4) is 0 Å². The van der Waals surface area contributed by atoms with Gasteiger partial charge in [-0.3, -0.25) is 15.0 Å². The van der Waals surface area contributed by atoms with Crippen LogP contribution < -0.4 is 16.8 Å². The van der Waals surface area contributed by atoms with Gasteiger partial charge in [0.05, 0.1) is 0 Å². The van der Waals surface area contributed by atoms with Gasteiger partial charge in [0.1, 0.15) is 11.5 Å². The summed E-state index contributed by atoms with van der Waals surface area (Å²) in [5.41, 5.74) is 12.8.